The van der Waals surface area contributed by atoms with Crippen LogP contribution in [0.1, 0.15) is 41.5 Å². The van der Waals surface area contributed by atoms with E-state index in [4.69, 9.17) is 4.74 Å². The van der Waals surface area contributed by atoms with Crippen LogP contribution in [0.3, 0.4) is 0 Å². The van der Waals surface area contributed by atoms with Crippen LogP contribution in [0.5, 0.6) is 0 Å². The van der Waals surface area contributed by atoms with Crippen molar-refractivity contribution in [3.63, 3.8) is 0 Å². The van der Waals surface area contributed by atoms with Crippen molar-refractivity contribution in [3.8, 4) is 0 Å². The first kappa shape index (κ1) is 20.7. The van der Waals surface area contributed by atoms with Crippen molar-refractivity contribution in [2.45, 2.75) is 37.8 Å². The zero-order valence-corrected chi connectivity index (χ0v) is 15.9. The largest absolute Gasteiger partial charge is 0.451 e. The molecule has 0 spiro atoms. The highest BCUT2D eigenvalue weighted by Gasteiger charge is 2.22. The number of ether oxygens (including phenoxy) is 1. The average molecular weight is 393 g/mol. The van der Waals surface area contributed by atoms with Gasteiger partial charge in [0, 0.05) is 11.6 Å². The molecule has 2 rings (SSSR count). The third kappa shape index (κ3) is 5.45. The molecule has 27 heavy (non-hydrogen) atoms. The second-order valence-electron chi connectivity index (χ2n) is 6.22. The number of esters is 1. The molecular formula is C19H20FNO5S. The fraction of sp³-hybridized carbons (Fsp3) is 0.263. The standard InChI is InChI=1S/C19H20FNO5S/c1-12(2)21-27(24,25)17-6-4-5-15(11-17)19(23)26-13(3)18(22)14-7-9-16(20)10-8-14/h4-13,21H,1-3H3/t13-/m1/s1. The number of hydrogen-bond donors (Lipinski definition) is 1. The summed E-state index contributed by atoms with van der Waals surface area (Å²) in [5.41, 5.74) is 0.203. The van der Waals surface area contributed by atoms with Crippen LogP contribution in [0, 0.1) is 5.82 Å². The predicted molar refractivity (Wildman–Crippen MR) is 97.5 cm³/mol. The minimum absolute atomic E-state index is 0.000359. The number of ketones is 1. The molecule has 6 nitrogen and oxygen atoms in total. The second kappa shape index (κ2) is 8.41. The molecule has 0 unspecified atom stereocenters. The Morgan fingerprint density at radius 3 is 2.22 bits per heavy atom. The quantitative estimate of drug-likeness (QED) is 0.577. The van der Waals surface area contributed by atoms with Gasteiger partial charge in [0.05, 0.1) is 10.5 Å². The van der Waals surface area contributed by atoms with E-state index < -0.39 is 33.7 Å². The molecule has 0 saturated heterocycles. The Balaban J connectivity index is 2.15. The number of halogens is 1. The summed E-state index contributed by atoms with van der Waals surface area (Å²) in [6, 6.07) is 9.91. The maximum atomic E-state index is 12.9. The van der Waals surface area contributed by atoms with Crippen molar-refractivity contribution >= 4 is 21.8 Å². The van der Waals surface area contributed by atoms with Crippen LogP contribution in [-0.4, -0.2) is 32.3 Å². The van der Waals surface area contributed by atoms with Crippen LogP contribution >= 0.6 is 0 Å². The Morgan fingerprint density at radius 2 is 1.63 bits per heavy atom. The molecule has 1 N–H and O–H groups in total. The number of carbonyl (C=O) groups excluding carboxylic acids is 2. The van der Waals surface area contributed by atoms with E-state index in [1.165, 1.54) is 43.3 Å². The lowest BCUT2D eigenvalue weighted by atomic mass is 10.1. The van der Waals surface area contributed by atoms with Gasteiger partial charge < -0.3 is 4.74 Å². The van der Waals surface area contributed by atoms with Gasteiger partial charge in [-0.25, -0.2) is 22.3 Å². The van der Waals surface area contributed by atoms with Crippen LogP contribution in [0.25, 0.3) is 0 Å². The highest BCUT2D eigenvalue weighted by Crippen LogP contribution is 2.15. The summed E-state index contributed by atoms with van der Waals surface area (Å²) in [7, 11) is -3.77. The predicted octanol–water partition coefficient (Wildman–Crippen LogP) is 2.94. The summed E-state index contributed by atoms with van der Waals surface area (Å²) in [5, 5.41) is 0. The van der Waals surface area contributed by atoms with E-state index in [-0.39, 0.29) is 22.1 Å². The van der Waals surface area contributed by atoms with E-state index in [1.807, 2.05) is 0 Å². The Morgan fingerprint density at radius 1 is 1.00 bits per heavy atom. The summed E-state index contributed by atoms with van der Waals surface area (Å²) in [4.78, 5) is 24.5. The summed E-state index contributed by atoms with van der Waals surface area (Å²) in [6.45, 7) is 4.75. The van der Waals surface area contributed by atoms with Crippen LogP contribution < -0.4 is 4.72 Å². The first-order chi connectivity index (χ1) is 12.6. The minimum Gasteiger partial charge on any atom is -0.451 e. The molecule has 0 amide bonds. The zero-order valence-electron chi connectivity index (χ0n) is 15.1. The summed E-state index contributed by atoms with van der Waals surface area (Å²) < 4.78 is 44.9. The molecule has 0 saturated carbocycles. The summed E-state index contributed by atoms with van der Waals surface area (Å²) >= 11 is 0. The molecule has 144 valence electrons. The second-order valence-corrected chi connectivity index (χ2v) is 7.94. The van der Waals surface area contributed by atoms with E-state index in [0.29, 0.717) is 0 Å². The highest BCUT2D eigenvalue weighted by atomic mass is 32.2. The van der Waals surface area contributed by atoms with Crippen LogP contribution in [0.15, 0.2) is 53.4 Å². The molecule has 1 atom stereocenters. The number of Topliss-reactive ketones (excluding diaryl/α,β-unsaturated/α-hetero) is 1. The Hall–Kier alpha value is -2.58. The van der Waals surface area contributed by atoms with E-state index in [1.54, 1.807) is 13.8 Å². The molecule has 0 aliphatic rings. The molecule has 0 aliphatic heterocycles. The van der Waals surface area contributed by atoms with Crippen LogP contribution in [0.2, 0.25) is 0 Å². The first-order valence-corrected chi connectivity index (χ1v) is 9.71. The topological polar surface area (TPSA) is 89.5 Å². The van der Waals surface area contributed by atoms with E-state index in [2.05, 4.69) is 4.72 Å². The number of rotatable bonds is 7. The van der Waals surface area contributed by atoms with Gasteiger partial charge in [-0.2, -0.15) is 0 Å². The van der Waals surface area contributed by atoms with E-state index in [0.717, 1.165) is 12.1 Å². The molecule has 2 aromatic carbocycles. The fourth-order valence-electron chi connectivity index (χ4n) is 2.30. The number of nitrogens with one attached hydrogen (secondary N) is 1. The molecule has 0 radical (unpaired) electrons. The smallest absolute Gasteiger partial charge is 0.338 e. The van der Waals surface area contributed by atoms with Crippen molar-refractivity contribution in [2.24, 2.45) is 0 Å². The average Bonchev–Trinajstić information content (AvgIpc) is 2.60. The summed E-state index contributed by atoms with van der Waals surface area (Å²) in [5.74, 6) is -1.81. The third-order valence-corrected chi connectivity index (χ3v) is 5.21. The molecule has 0 bridgehead atoms. The zero-order chi connectivity index (χ0) is 20.2. The lowest BCUT2D eigenvalue weighted by Crippen LogP contribution is -2.30. The van der Waals surface area contributed by atoms with Gasteiger partial charge in [0.2, 0.25) is 15.8 Å². The first-order valence-electron chi connectivity index (χ1n) is 8.23. The molecule has 8 heteroatoms. The number of hydrogen-bond acceptors (Lipinski definition) is 5. The van der Waals surface area contributed by atoms with Crippen molar-refractivity contribution < 1.29 is 27.1 Å². The highest BCUT2D eigenvalue weighted by molar-refractivity contribution is 7.89. The van der Waals surface area contributed by atoms with Gasteiger partial charge in [-0.3, -0.25) is 4.79 Å². The van der Waals surface area contributed by atoms with Gasteiger partial charge in [-0.1, -0.05) is 6.07 Å². The summed E-state index contributed by atoms with van der Waals surface area (Å²) in [6.07, 6.45) is -1.11. The van der Waals surface area contributed by atoms with Crippen LogP contribution in [0.4, 0.5) is 4.39 Å². The lowest BCUT2D eigenvalue weighted by molar-refractivity contribution is 0.0318. The normalized spacial score (nSPS) is 12.6. The maximum absolute atomic E-state index is 12.9. The minimum atomic E-state index is -3.77. The van der Waals surface area contributed by atoms with Gasteiger partial charge in [-0.15, -0.1) is 0 Å². The van der Waals surface area contributed by atoms with E-state index in [9.17, 15) is 22.4 Å². The van der Waals surface area contributed by atoms with Crippen molar-refractivity contribution in [1.29, 1.82) is 0 Å². The molecule has 0 fully saturated rings. The number of carbonyl (C=O) groups is 2. The van der Waals surface area contributed by atoms with Crippen molar-refractivity contribution in [2.75, 3.05) is 0 Å². The molecule has 0 heterocycles. The Labute approximate surface area is 157 Å². The third-order valence-electron chi connectivity index (χ3n) is 3.55. The van der Waals surface area contributed by atoms with Crippen molar-refractivity contribution in [3.05, 3.63) is 65.5 Å². The van der Waals surface area contributed by atoms with Crippen LogP contribution in [-0.2, 0) is 14.8 Å². The monoisotopic (exact) mass is 393 g/mol. The maximum Gasteiger partial charge on any atom is 0.338 e. The lowest BCUT2D eigenvalue weighted by Gasteiger charge is -2.13. The molecule has 2 aromatic rings. The van der Waals surface area contributed by atoms with E-state index >= 15 is 0 Å². The SMILES string of the molecule is CC(C)NS(=O)(=O)c1cccc(C(=O)O[C@H](C)C(=O)c2ccc(F)cc2)c1. The Bertz CT molecular complexity index is 939. The molecule has 0 aromatic heterocycles. The van der Waals surface area contributed by atoms with Gasteiger partial charge >= 0.3 is 5.97 Å². The molecular weight excluding hydrogens is 373 g/mol. The van der Waals surface area contributed by atoms with Gasteiger partial charge in [0.15, 0.2) is 6.10 Å². The Kier molecular flexibility index (Phi) is 6.45. The fourth-order valence-corrected chi connectivity index (χ4v) is 3.60. The van der Waals surface area contributed by atoms with Gasteiger partial charge in [-0.05, 0) is 63.2 Å². The number of benzene rings is 2. The van der Waals surface area contributed by atoms with Crippen molar-refractivity contribution in [1.82, 2.24) is 4.72 Å². The molecule has 0 aliphatic carbocycles. The van der Waals surface area contributed by atoms with Gasteiger partial charge in [0.25, 0.3) is 0 Å². The number of sulfonamides is 1. The van der Waals surface area contributed by atoms with Gasteiger partial charge in [0.1, 0.15) is 5.82 Å².